The first-order chi connectivity index (χ1) is 19.2. The fourth-order valence-corrected chi connectivity index (χ4v) is 6.67. The largest absolute Gasteiger partial charge is 0.350 e. The van der Waals surface area contributed by atoms with Crippen LogP contribution in [0.4, 0.5) is 5.69 Å². The van der Waals surface area contributed by atoms with Crippen LogP contribution in [0.2, 0.25) is 20.1 Å². The number of benzene rings is 3. The SMILES string of the molecule is CCC(C(=O)NC(C)(C)C)N(Cc1c(Cl)cccc1Cl)C(=O)CN(c1ccc(Cl)cc1Cl)S(=O)(=O)c1ccccc1. The lowest BCUT2D eigenvalue weighted by Crippen LogP contribution is -2.55. The monoisotopic (exact) mass is 657 g/mol. The number of carbonyl (C=O) groups is 2. The van der Waals surface area contributed by atoms with Gasteiger partial charge in [0.25, 0.3) is 10.0 Å². The van der Waals surface area contributed by atoms with Crippen molar-refractivity contribution >= 4 is 73.9 Å². The number of hydrogen-bond donors (Lipinski definition) is 1. The molecule has 0 heterocycles. The van der Waals surface area contributed by atoms with Crippen LogP contribution in [0.5, 0.6) is 0 Å². The normalized spacial score (nSPS) is 12.5. The maximum atomic E-state index is 14.2. The molecule has 1 N–H and O–H groups in total. The van der Waals surface area contributed by atoms with Crippen molar-refractivity contribution in [3.05, 3.63) is 92.4 Å². The topological polar surface area (TPSA) is 86.8 Å². The van der Waals surface area contributed by atoms with Gasteiger partial charge in [-0.3, -0.25) is 13.9 Å². The summed E-state index contributed by atoms with van der Waals surface area (Å²) in [7, 11) is -4.28. The van der Waals surface area contributed by atoms with Crippen molar-refractivity contribution in [3.63, 3.8) is 0 Å². The molecule has 0 aliphatic heterocycles. The number of amides is 2. The van der Waals surface area contributed by atoms with E-state index >= 15 is 0 Å². The molecule has 0 aliphatic rings. The second-order valence-electron chi connectivity index (χ2n) is 10.3. The Kier molecular flexibility index (Phi) is 11.0. The molecule has 7 nitrogen and oxygen atoms in total. The maximum absolute atomic E-state index is 14.2. The molecule has 1 unspecified atom stereocenters. The van der Waals surface area contributed by atoms with Gasteiger partial charge in [-0.05, 0) is 69.7 Å². The third-order valence-corrected chi connectivity index (χ3v) is 9.08. The summed E-state index contributed by atoms with van der Waals surface area (Å²) in [5, 5.41) is 3.84. The standard InChI is InChI=1S/C29H31Cl4N3O4S/c1-5-25(28(38)34-29(2,3)4)35(17-21-22(31)12-9-13-23(21)32)27(37)18-36(26-15-14-19(30)16-24(26)33)41(39,40)20-10-7-6-8-11-20/h6-16,25H,5,17-18H2,1-4H3,(H,34,38). The van der Waals surface area contributed by atoms with E-state index in [0.29, 0.717) is 20.6 Å². The minimum Gasteiger partial charge on any atom is -0.350 e. The van der Waals surface area contributed by atoms with Crippen LogP contribution in [0.25, 0.3) is 0 Å². The third kappa shape index (κ3) is 8.30. The maximum Gasteiger partial charge on any atom is 0.264 e. The summed E-state index contributed by atoms with van der Waals surface area (Å²) in [5.74, 6) is -1.07. The van der Waals surface area contributed by atoms with Crippen LogP contribution in [-0.2, 0) is 26.2 Å². The Morgan fingerprint density at radius 3 is 2.02 bits per heavy atom. The zero-order valence-electron chi connectivity index (χ0n) is 23.0. The van der Waals surface area contributed by atoms with Crippen LogP contribution in [0.3, 0.4) is 0 Å². The van der Waals surface area contributed by atoms with Gasteiger partial charge in [0, 0.05) is 32.7 Å². The zero-order valence-corrected chi connectivity index (χ0v) is 26.8. The predicted molar refractivity (Wildman–Crippen MR) is 166 cm³/mol. The summed E-state index contributed by atoms with van der Waals surface area (Å²) in [5.41, 5.74) is -0.106. The second kappa shape index (κ2) is 13.7. The van der Waals surface area contributed by atoms with E-state index in [2.05, 4.69) is 5.32 Å². The highest BCUT2D eigenvalue weighted by Crippen LogP contribution is 2.33. The van der Waals surface area contributed by atoms with Crippen molar-refractivity contribution in [1.29, 1.82) is 0 Å². The Balaban J connectivity index is 2.14. The summed E-state index contributed by atoms with van der Waals surface area (Å²) in [4.78, 5) is 28.8. The molecule has 0 fully saturated rings. The lowest BCUT2D eigenvalue weighted by Gasteiger charge is -2.35. The molecule has 41 heavy (non-hydrogen) atoms. The van der Waals surface area contributed by atoms with Crippen molar-refractivity contribution in [2.45, 2.75) is 57.1 Å². The Morgan fingerprint density at radius 2 is 1.49 bits per heavy atom. The zero-order chi connectivity index (χ0) is 30.5. The highest BCUT2D eigenvalue weighted by Gasteiger charge is 2.35. The van der Waals surface area contributed by atoms with Gasteiger partial charge in [0.05, 0.1) is 15.6 Å². The molecule has 0 radical (unpaired) electrons. The lowest BCUT2D eigenvalue weighted by atomic mass is 10.1. The molecule has 220 valence electrons. The average molecular weight is 659 g/mol. The number of sulfonamides is 1. The smallest absolute Gasteiger partial charge is 0.264 e. The average Bonchev–Trinajstić information content (AvgIpc) is 2.88. The molecule has 0 saturated heterocycles. The summed E-state index contributed by atoms with van der Waals surface area (Å²) in [6, 6.07) is 15.9. The molecule has 1 atom stereocenters. The van der Waals surface area contributed by atoms with Crippen molar-refractivity contribution in [2.75, 3.05) is 10.8 Å². The summed E-state index contributed by atoms with van der Waals surface area (Å²) < 4.78 is 28.7. The van der Waals surface area contributed by atoms with Crippen molar-refractivity contribution in [2.24, 2.45) is 0 Å². The number of rotatable bonds is 10. The Labute approximate surface area is 261 Å². The fraction of sp³-hybridized carbons (Fsp3) is 0.310. The number of nitrogens with zero attached hydrogens (tertiary/aromatic N) is 2. The van der Waals surface area contributed by atoms with Gasteiger partial charge in [-0.25, -0.2) is 8.42 Å². The van der Waals surface area contributed by atoms with E-state index in [4.69, 9.17) is 46.4 Å². The van der Waals surface area contributed by atoms with Crippen molar-refractivity contribution in [3.8, 4) is 0 Å². The molecule has 0 aliphatic carbocycles. The molecule has 12 heteroatoms. The Morgan fingerprint density at radius 1 is 0.878 bits per heavy atom. The van der Waals surface area contributed by atoms with E-state index in [1.165, 1.54) is 35.2 Å². The number of halogens is 4. The van der Waals surface area contributed by atoms with E-state index in [0.717, 1.165) is 4.31 Å². The minimum atomic E-state index is -4.28. The fourth-order valence-electron chi connectivity index (χ4n) is 4.14. The molecular weight excluding hydrogens is 628 g/mol. The summed E-state index contributed by atoms with van der Waals surface area (Å²) >= 11 is 25.4. The highest BCUT2D eigenvalue weighted by molar-refractivity contribution is 7.92. The van der Waals surface area contributed by atoms with Crippen LogP contribution in [0, 0.1) is 0 Å². The first-order valence-corrected chi connectivity index (χ1v) is 15.7. The minimum absolute atomic E-state index is 0.0306. The van der Waals surface area contributed by atoms with Crippen LogP contribution < -0.4 is 9.62 Å². The van der Waals surface area contributed by atoms with Crippen LogP contribution >= 0.6 is 46.4 Å². The van der Waals surface area contributed by atoms with E-state index in [9.17, 15) is 18.0 Å². The highest BCUT2D eigenvalue weighted by atomic mass is 35.5. The predicted octanol–water partition coefficient (Wildman–Crippen LogP) is 7.22. The van der Waals surface area contributed by atoms with E-state index in [1.54, 1.807) is 43.3 Å². The van der Waals surface area contributed by atoms with Gasteiger partial charge in [0.1, 0.15) is 12.6 Å². The van der Waals surface area contributed by atoms with Crippen LogP contribution in [0.1, 0.15) is 39.7 Å². The van der Waals surface area contributed by atoms with E-state index in [-0.39, 0.29) is 28.6 Å². The molecule has 3 aromatic rings. The van der Waals surface area contributed by atoms with Gasteiger partial charge < -0.3 is 10.2 Å². The number of nitrogens with one attached hydrogen (secondary N) is 1. The molecule has 0 spiro atoms. The van der Waals surface area contributed by atoms with E-state index in [1.807, 2.05) is 20.8 Å². The number of carbonyl (C=O) groups excluding carboxylic acids is 2. The second-order valence-corrected chi connectivity index (χ2v) is 13.8. The van der Waals surface area contributed by atoms with Gasteiger partial charge in [-0.15, -0.1) is 0 Å². The molecule has 2 amide bonds. The number of anilines is 1. The van der Waals surface area contributed by atoms with Crippen molar-refractivity contribution < 1.29 is 18.0 Å². The van der Waals surface area contributed by atoms with Crippen molar-refractivity contribution in [1.82, 2.24) is 10.2 Å². The van der Waals surface area contributed by atoms with Gasteiger partial charge >= 0.3 is 0 Å². The molecule has 3 aromatic carbocycles. The summed E-state index contributed by atoms with van der Waals surface area (Å²) in [6.07, 6.45) is 0.239. The summed E-state index contributed by atoms with van der Waals surface area (Å²) in [6.45, 7) is 6.43. The van der Waals surface area contributed by atoms with Gasteiger partial charge in [-0.2, -0.15) is 0 Å². The molecule has 3 rings (SSSR count). The van der Waals surface area contributed by atoms with Gasteiger partial charge in [0.2, 0.25) is 11.8 Å². The number of hydrogen-bond acceptors (Lipinski definition) is 4. The first kappa shape index (κ1) is 33.0. The van der Waals surface area contributed by atoms with E-state index < -0.39 is 40.0 Å². The van der Waals surface area contributed by atoms with Crippen LogP contribution in [-0.4, -0.2) is 43.3 Å². The Hall–Kier alpha value is -2.49. The molecule has 0 saturated carbocycles. The van der Waals surface area contributed by atoms with Gasteiger partial charge in [-0.1, -0.05) is 77.6 Å². The Bertz CT molecular complexity index is 1490. The first-order valence-electron chi connectivity index (χ1n) is 12.7. The van der Waals surface area contributed by atoms with Gasteiger partial charge in [0.15, 0.2) is 0 Å². The molecular formula is C29H31Cl4N3O4S. The molecule has 0 aromatic heterocycles. The molecule has 0 bridgehead atoms. The third-order valence-electron chi connectivity index (χ3n) is 6.06. The quantitative estimate of drug-likeness (QED) is 0.249. The van der Waals surface area contributed by atoms with Crippen LogP contribution in [0.15, 0.2) is 71.6 Å². The lowest BCUT2D eigenvalue weighted by molar-refractivity contribution is -0.141.